The number of carbonyl (C=O) groups is 1. The molecule has 1 N–H and O–H groups in total. The molecule has 3 nitrogen and oxygen atoms in total. The maximum Gasteiger partial charge on any atom is 0.327 e. The zero-order valence-electron chi connectivity index (χ0n) is 10.2. The zero-order valence-corrected chi connectivity index (χ0v) is 10.2. The Morgan fingerprint density at radius 3 is 2.59 bits per heavy atom. The third-order valence-corrected chi connectivity index (χ3v) is 2.52. The van der Waals surface area contributed by atoms with Gasteiger partial charge in [0.1, 0.15) is 11.9 Å². The van der Waals surface area contributed by atoms with Crippen molar-refractivity contribution in [2.24, 2.45) is 0 Å². The molecule has 0 amide bonds. The van der Waals surface area contributed by atoms with Crippen LogP contribution in [0.15, 0.2) is 24.3 Å². The summed E-state index contributed by atoms with van der Waals surface area (Å²) in [5, 5.41) is 3.11. The number of ether oxygens (including phenoxy) is 1. The third kappa shape index (κ3) is 4.15. The van der Waals surface area contributed by atoms with Crippen molar-refractivity contribution in [1.29, 1.82) is 0 Å². The predicted molar refractivity (Wildman–Crippen MR) is 64.1 cm³/mol. The Kier molecular flexibility index (Phi) is 5.63. The van der Waals surface area contributed by atoms with Crippen LogP contribution in [0.1, 0.15) is 31.4 Å². The van der Waals surface area contributed by atoms with Crippen molar-refractivity contribution in [3.8, 4) is 0 Å². The average molecular weight is 239 g/mol. The van der Waals surface area contributed by atoms with Crippen LogP contribution in [0.2, 0.25) is 0 Å². The van der Waals surface area contributed by atoms with E-state index < -0.39 is 6.04 Å². The van der Waals surface area contributed by atoms with Crippen LogP contribution < -0.4 is 5.32 Å². The molecule has 0 aromatic heterocycles. The second-order valence-electron chi connectivity index (χ2n) is 3.82. The Morgan fingerprint density at radius 2 is 2.06 bits per heavy atom. The van der Waals surface area contributed by atoms with Crippen LogP contribution in [-0.2, 0) is 9.53 Å². The number of rotatable bonds is 6. The van der Waals surface area contributed by atoms with Gasteiger partial charge in [-0.05, 0) is 30.7 Å². The molecule has 0 radical (unpaired) electrons. The fourth-order valence-electron chi connectivity index (χ4n) is 1.53. The van der Waals surface area contributed by atoms with Gasteiger partial charge in [-0.1, -0.05) is 25.5 Å². The smallest absolute Gasteiger partial charge is 0.327 e. The van der Waals surface area contributed by atoms with Gasteiger partial charge in [0.15, 0.2) is 0 Å². The molecule has 1 aromatic rings. The highest BCUT2D eigenvalue weighted by molar-refractivity contribution is 5.77. The molecule has 0 heterocycles. The highest BCUT2D eigenvalue weighted by Gasteiger charge is 2.20. The number of nitrogens with one attached hydrogen (secondary N) is 1. The number of hydrogen-bond donors (Lipinski definition) is 1. The molecule has 0 aliphatic heterocycles. The van der Waals surface area contributed by atoms with Crippen LogP contribution in [0.3, 0.4) is 0 Å². The van der Waals surface area contributed by atoms with Crippen LogP contribution in [0.4, 0.5) is 4.39 Å². The fourth-order valence-corrected chi connectivity index (χ4v) is 1.53. The summed E-state index contributed by atoms with van der Waals surface area (Å²) in [6.07, 6.45) is 2.03. The van der Waals surface area contributed by atoms with Gasteiger partial charge in [0.2, 0.25) is 0 Å². The summed E-state index contributed by atoms with van der Waals surface area (Å²) in [6.45, 7) is 2.81. The predicted octanol–water partition coefficient (Wildman–Crippen LogP) is 2.43. The summed E-state index contributed by atoms with van der Waals surface area (Å²) in [5.41, 5.74) is 0.717. The van der Waals surface area contributed by atoms with Crippen molar-refractivity contribution in [2.75, 3.05) is 13.7 Å². The van der Waals surface area contributed by atoms with Gasteiger partial charge >= 0.3 is 5.97 Å². The lowest BCUT2D eigenvalue weighted by molar-refractivity contribution is -0.143. The summed E-state index contributed by atoms with van der Waals surface area (Å²) in [4.78, 5) is 11.6. The summed E-state index contributed by atoms with van der Waals surface area (Å²) in [7, 11) is 1.35. The molecule has 0 spiro atoms. The van der Waals surface area contributed by atoms with Gasteiger partial charge in [-0.3, -0.25) is 0 Å². The lowest BCUT2D eigenvalue weighted by Crippen LogP contribution is -2.30. The van der Waals surface area contributed by atoms with Gasteiger partial charge in [-0.25, -0.2) is 9.18 Å². The van der Waals surface area contributed by atoms with Gasteiger partial charge in [0.25, 0.3) is 0 Å². The number of esters is 1. The van der Waals surface area contributed by atoms with Crippen LogP contribution in [0.5, 0.6) is 0 Å². The fraction of sp³-hybridized carbons (Fsp3) is 0.462. The van der Waals surface area contributed by atoms with Crippen LogP contribution in [0, 0.1) is 5.82 Å². The maximum absolute atomic E-state index is 12.8. The highest BCUT2D eigenvalue weighted by atomic mass is 19.1. The Morgan fingerprint density at radius 1 is 1.41 bits per heavy atom. The Bertz CT molecular complexity index is 351. The first kappa shape index (κ1) is 13.6. The third-order valence-electron chi connectivity index (χ3n) is 2.52. The van der Waals surface area contributed by atoms with E-state index in [0.29, 0.717) is 5.56 Å². The molecule has 1 rings (SSSR count). The topological polar surface area (TPSA) is 38.3 Å². The molecule has 0 saturated heterocycles. The van der Waals surface area contributed by atoms with Crippen molar-refractivity contribution >= 4 is 5.97 Å². The van der Waals surface area contributed by atoms with Gasteiger partial charge in [-0.2, -0.15) is 0 Å². The second kappa shape index (κ2) is 7.01. The number of halogens is 1. The zero-order chi connectivity index (χ0) is 12.7. The average Bonchev–Trinajstić information content (AvgIpc) is 2.35. The van der Waals surface area contributed by atoms with Gasteiger partial charge < -0.3 is 10.1 Å². The summed E-state index contributed by atoms with van der Waals surface area (Å²) in [5.74, 6) is -0.668. The number of unbranched alkanes of at least 4 members (excludes halogenated alkanes) is 1. The molecule has 0 bridgehead atoms. The molecule has 0 saturated carbocycles. The van der Waals surface area contributed by atoms with Gasteiger partial charge in [-0.15, -0.1) is 0 Å². The first-order chi connectivity index (χ1) is 8.19. The largest absolute Gasteiger partial charge is 0.468 e. The van der Waals surface area contributed by atoms with E-state index >= 15 is 0 Å². The Balaban J connectivity index is 2.74. The monoisotopic (exact) mass is 239 g/mol. The number of hydrogen-bond acceptors (Lipinski definition) is 3. The van der Waals surface area contributed by atoms with Crippen LogP contribution >= 0.6 is 0 Å². The minimum absolute atomic E-state index is 0.314. The molecule has 0 fully saturated rings. The Hall–Kier alpha value is -1.42. The molecular formula is C13H18FNO2. The van der Waals surface area contributed by atoms with E-state index in [9.17, 15) is 9.18 Å². The molecule has 0 aliphatic carbocycles. The number of benzene rings is 1. The first-order valence-corrected chi connectivity index (χ1v) is 5.75. The minimum atomic E-state index is -0.521. The molecule has 4 heteroatoms. The lowest BCUT2D eigenvalue weighted by atomic mass is 10.1. The molecule has 1 atom stereocenters. The molecule has 1 unspecified atom stereocenters. The standard InChI is InChI=1S/C13H18FNO2/c1-3-4-9-15-12(13(16)17-2)10-5-7-11(14)8-6-10/h5-8,12,15H,3-4,9H2,1-2H3. The van der Waals surface area contributed by atoms with Crippen LogP contribution in [0.25, 0.3) is 0 Å². The normalized spacial score (nSPS) is 12.2. The number of carbonyl (C=O) groups excluding carboxylic acids is 1. The second-order valence-corrected chi connectivity index (χ2v) is 3.82. The number of methoxy groups -OCH3 is 1. The molecule has 1 aromatic carbocycles. The lowest BCUT2D eigenvalue weighted by Gasteiger charge is -2.16. The van der Waals surface area contributed by atoms with E-state index in [2.05, 4.69) is 12.2 Å². The van der Waals surface area contributed by atoms with Crippen molar-refractivity contribution in [3.05, 3.63) is 35.6 Å². The van der Waals surface area contributed by atoms with Crippen LogP contribution in [-0.4, -0.2) is 19.6 Å². The van der Waals surface area contributed by atoms with E-state index in [1.807, 2.05) is 0 Å². The van der Waals surface area contributed by atoms with Gasteiger partial charge in [0, 0.05) is 0 Å². The summed E-state index contributed by atoms with van der Waals surface area (Å²) >= 11 is 0. The Labute approximate surface area is 101 Å². The first-order valence-electron chi connectivity index (χ1n) is 5.75. The van der Waals surface area contributed by atoms with E-state index in [1.165, 1.54) is 19.2 Å². The van der Waals surface area contributed by atoms with E-state index in [0.717, 1.165) is 19.4 Å². The SMILES string of the molecule is CCCCNC(C(=O)OC)c1ccc(F)cc1. The molecule has 17 heavy (non-hydrogen) atoms. The van der Waals surface area contributed by atoms with Crippen molar-refractivity contribution in [1.82, 2.24) is 5.32 Å². The van der Waals surface area contributed by atoms with E-state index in [4.69, 9.17) is 4.74 Å². The van der Waals surface area contributed by atoms with Crippen molar-refractivity contribution in [3.63, 3.8) is 0 Å². The van der Waals surface area contributed by atoms with Crippen molar-refractivity contribution in [2.45, 2.75) is 25.8 Å². The van der Waals surface area contributed by atoms with Gasteiger partial charge in [0.05, 0.1) is 7.11 Å². The van der Waals surface area contributed by atoms with E-state index in [1.54, 1.807) is 12.1 Å². The maximum atomic E-state index is 12.8. The molecular weight excluding hydrogens is 221 g/mol. The molecule has 94 valence electrons. The molecule has 0 aliphatic rings. The highest BCUT2D eigenvalue weighted by Crippen LogP contribution is 2.15. The minimum Gasteiger partial charge on any atom is -0.468 e. The summed E-state index contributed by atoms with van der Waals surface area (Å²) < 4.78 is 17.5. The van der Waals surface area contributed by atoms with E-state index in [-0.39, 0.29) is 11.8 Å². The van der Waals surface area contributed by atoms with Crippen molar-refractivity contribution < 1.29 is 13.9 Å². The quantitative estimate of drug-likeness (QED) is 0.612. The summed E-state index contributed by atoms with van der Waals surface area (Å²) in [6, 6.07) is 5.35.